The fraction of sp³-hybridized carbons (Fsp3) is 0.125. The Morgan fingerprint density at radius 2 is 1.67 bits per heavy atom. The van der Waals surface area contributed by atoms with Gasteiger partial charge in [-0.1, -0.05) is 18.2 Å². The molecule has 0 unspecified atom stereocenters. The maximum Gasteiger partial charge on any atom is 0.271 e. The molecule has 3 aromatic carbocycles. The molecule has 0 heterocycles. The minimum atomic E-state index is -0.301. The van der Waals surface area contributed by atoms with Crippen LogP contribution in [0, 0.1) is 11.3 Å². The summed E-state index contributed by atoms with van der Waals surface area (Å²) in [6.45, 7) is 2.80. The molecule has 0 aliphatic heterocycles. The van der Waals surface area contributed by atoms with Gasteiger partial charge in [0.2, 0.25) is 0 Å². The Hall–Kier alpha value is -4.11. The van der Waals surface area contributed by atoms with Crippen LogP contribution in [0.3, 0.4) is 0 Å². The average molecular weight is 399 g/mol. The third kappa shape index (κ3) is 5.69. The van der Waals surface area contributed by atoms with Crippen molar-refractivity contribution in [1.82, 2.24) is 5.43 Å². The Balaban J connectivity index is 1.51. The minimum Gasteiger partial charge on any atom is -0.494 e. The molecule has 0 aliphatic rings. The van der Waals surface area contributed by atoms with Gasteiger partial charge in [0.25, 0.3) is 5.91 Å². The Kier molecular flexibility index (Phi) is 7.17. The van der Waals surface area contributed by atoms with Crippen LogP contribution in [0.25, 0.3) is 0 Å². The Bertz CT molecular complexity index is 1050. The second kappa shape index (κ2) is 10.4. The number of hydrogen-bond donors (Lipinski definition) is 1. The van der Waals surface area contributed by atoms with Gasteiger partial charge in [0.1, 0.15) is 18.1 Å². The van der Waals surface area contributed by atoms with Crippen molar-refractivity contribution in [2.75, 3.05) is 6.61 Å². The summed E-state index contributed by atoms with van der Waals surface area (Å²) in [5.74, 6) is 1.10. The number of hydrogen-bond acceptors (Lipinski definition) is 5. The number of nitrogens with zero attached hydrogens (tertiary/aromatic N) is 2. The van der Waals surface area contributed by atoms with Gasteiger partial charge in [-0.25, -0.2) is 5.43 Å². The van der Waals surface area contributed by atoms with Crippen LogP contribution in [0.15, 0.2) is 77.9 Å². The Morgan fingerprint density at radius 1 is 1.00 bits per heavy atom. The lowest BCUT2D eigenvalue weighted by Gasteiger charge is -2.07. The van der Waals surface area contributed by atoms with E-state index in [-0.39, 0.29) is 5.91 Å². The zero-order chi connectivity index (χ0) is 21.2. The first kappa shape index (κ1) is 20.6. The molecule has 0 atom stereocenters. The molecule has 0 radical (unpaired) electrons. The summed E-state index contributed by atoms with van der Waals surface area (Å²) in [5, 5.41) is 13.1. The summed E-state index contributed by atoms with van der Waals surface area (Å²) >= 11 is 0. The van der Waals surface area contributed by atoms with E-state index < -0.39 is 0 Å². The quantitative estimate of drug-likeness (QED) is 0.452. The van der Waals surface area contributed by atoms with Gasteiger partial charge in [-0.05, 0) is 67.1 Å². The lowest BCUT2D eigenvalue weighted by molar-refractivity contribution is 0.0955. The van der Waals surface area contributed by atoms with E-state index in [0.29, 0.717) is 30.1 Å². The molecular formula is C24H21N3O3. The van der Waals surface area contributed by atoms with Gasteiger partial charge in [0.15, 0.2) is 0 Å². The van der Waals surface area contributed by atoms with E-state index in [2.05, 4.69) is 16.6 Å². The Labute approximate surface area is 175 Å². The summed E-state index contributed by atoms with van der Waals surface area (Å²) in [6, 6.07) is 23.6. The van der Waals surface area contributed by atoms with Crippen LogP contribution in [0.2, 0.25) is 0 Å². The first-order valence-electron chi connectivity index (χ1n) is 9.46. The summed E-state index contributed by atoms with van der Waals surface area (Å²) in [7, 11) is 0. The largest absolute Gasteiger partial charge is 0.494 e. The van der Waals surface area contributed by atoms with Crippen molar-refractivity contribution in [3.8, 4) is 17.6 Å². The van der Waals surface area contributed by atoms with Crippen LogP contribution >= 0.6 is 0 Å². The highest BCUT2D eigenvalue weighted by Crippen LogP contribution is 2.15. The summed E-state index contributed by atoms with van der Waals surface area (Å²) in [5.41, 5.74) is 5.25. The van der Waals surface area contributed by atoms with Gasteiger partial charge < -0.3 is 9.47 Å². The molecule has 0 bridgehead atoms. The normalized spacial score (nSPS) is 10.4. The highest BCUT2D eigenvalue weighted by molar-refractivity contribution is 5.95. The van der Waals surface area contributed by atoms with E-state index in [0.717, 1.165) is 16.9 Å². The molecule has 30 heavy (non-hydrogen) atoms. The molecule has 0 saturated heterocycles. The van der Waals surface area contributed by atoms with Crippen LogP contribution in [0.4, 0.5) is 0 Å². The van der Waals surface area contributed by atoms with Crippen LogP contribution in [0.5, 0.6) is 11.5 Å². The standard InChI is InChI=1S/C24H21N3O3/c1-2-29-22-13-9-19(10-14-22)24(28)27-26-16-18-7-11-23(12-8-18)30-17-21-6-4-3-5-20(21)15-25/h3-14,16H,2,17H2,1H3,(H,27,28)/b26-16-. The van der Waals surface area contributed by atoms with E-state index in [1.54, 1.807) is 36.5 Å². The molecule has 1 amide bonds. The first-order valence-corrected chi connectivity index (χ1v) is 9.46. The van der Waals surface area contributed by atoms with Gasteiger partial charge in [-0.2, -0.15) is 10.4 Å². The van der Waals surface area contributed by atoms with Crippen molar-refractivity contribution < 1.29 is 14.3 Å². The zero-order valence-corrected chi connectivity index (χ0v) is 16.5. The number of amides is 1. The van der Waals surface area contributed by atoms with Gasteiger partial charge in [-0.15, -0.1) is 0 Å². The SMILES string of the molecule is CCOc1ccc(C(=O)N/N=C\c2ccc(OCc3ccccc3C#N)cc2)cc1. The fourth-order valence-electron chi connectivity index (χ4n) is 2.67. The average Bonchev–Trinajstić information content (AvgIpc) is 2.79. The summed E-state index contributed by atoms with van der Waals surface area (Å²) in [6.07, 6.45) is 1.56. The number of hydrazone groups is 1. The van der Waals surface area contributed by atoms with Gasteiger partial charge in [0.05, 0.1) is 24.5 Å². The molecule has 6 nitrogen and oxygen atoms in total. The van der Waals surface area contributed by atoms with Gasteiger partial charge in [0, 0.05) is 11.1 Å². The van der Waals surface area contributed by atoms with E-state index in [1.807, 2.05) is 49.4 Å². The predicted molar refractivity (Wildman–Crippen MR) is 115 cm³/mol. The van der Waals surface area contributed by atoms with Crippen molar-refractivity contribution in [3.05, 3.63) is 95.1 Å². The molecule has 150 valence electrons. The van der Waals surface area contributed by atoms with Crippen molar-refractivity contribution >= 4 is 12.1 Å². The molecule has 0 aromatic heterocycles. The van der Waals surface area contributed by atoms with Gasteiger partial charge in [-0.3, -0.25) is 4.79 Å². The number of rotatable bonds is 8. The van der Waals surface area contributed by atoms with Crippen molar-refractivity contribution in [1.29, 1.82) is 5.26 Å². The maximum atomic E-state index is 12.1. The summed E-state index contributed by atoms with van der Waals surface area (Å²) < 4.78 is 11.1. The van der Waals surface area contributed by atoms with Crippen molar-refractivity contribution in [2.24, 2.45) is 5.10 Å². The van der Waals surface area contributed by atoms with Gasteiger partial charge >= 0.3 is 0 Å². The third-order valence-electron chi connectivity index (χ3n) is 4.22. The molecule has 0 spiro atoms. The lowest BCUT2D eigenvalue weighted by Crippen LogP contribution is -2.17. The van der Waals surface area contributed by atoms with Crippen LogP contribution < -0.4 is 14.9 Å². The maximum absolute atomic E-state index is 12.1. The highest BCUT2D eigenvalue weighted by atomic mass is 16.5. The predicted octanol–water partition coefficient (Wildman–Crippen LogP) is 4.30. The van der Waals surface area contributed by atoms with E-state index in [9.17, 15) is 4.79 Å². The fourth-order valence-corrected chi connectivity index (χ4v) is 2.67. The number of nitrogens with one attached hydrogen (secondary N) is 1. The molecule has 0 aliphatic carbocycles. The van der Waals surface area contributed by atoms with E-state index in [4.69, 9.17) is 14.7 Å². The van der Waals surface area contributed by atoms with Crippen molar-refractivity contribution in [3.63, 3.8) is 0 Å². The molecule has 1 N–H and O–H groups in total. The first-order chi connectivity index (χ1) is 14.7. The second-order valence-electron chi connectivity index (χ2n) is 6.28. The number of carbonyl (C=O) groups is 1. The Morgan fingerprint density at radius 3 is 2.37 bits per heavy atom. The molecular weight excluding hydrogens is 378 g/mol. The van der Waals surface area contributed by atoms with Crippen LogP contribution in [0.1, 0.15) is 34.0 Å². The minimum absolute atomic E-state index is 0.301. The zero-order valence-electron chi connectivity index (χ0n) is 16.5. The summed E-state index contributed by atoms with van der Waals surface area (Å²) in [4.78, 5) is 12.1. The third-order valence-corrected chi connectivity index (χ3v) is 4.22. The second-order valence-corrected chi connectivity index (χ2v) is 6.28. The smallest absolute Gasteiger partial charge is 0.271 e. The van der Waals surface area contributed by atoms with E-state index >= 15 is 0 Å². The molecule has 0 saturated carbocycles. The number of nitriles is 1. The van der Waals surface area contributed by atoms with E-state index in [1.165, 1.54) is 0 Å². The highest BCUT2D eigenvalue weighted by Gasteiger charge is 2.04. The van der Waals surface area contributed by atoms with Crippen LogP contribution in [-0.4, -0.2) is 18.7 Å². The topological polar surface area (TPSA) is 83.7 Å². The lowest BCUT2D eigenvalue weighted by atomic mass is 10.1. The molecule has 3 rings (SSSR count). The molecule has 0 fully saturated rings. The number of carbonyl (C=O) groups excluding carboxylic acids is 1. The number of benzene rings is 3. The van der Waals surface area contributed by atoms with Crippen LogP contribution in [-0.2, 0) is 6.61 Å². The van der Waals surface area contributed by atoms with Crippen molar-refractivity contribution in [2.45, 2.75) is 13.5 Å². The number of ether oxygens (including phenoxy) is 2. The molecule has 3 aromatic rings. The molecule has 6 heteroatoms. The monoisotopic (exact) mass is 399 g/mol.